The summed E-state index contributed by atoms with van der Waals surface area (Å²) in [5, 5.41) is 0.631. The summed E-state index contributed by atoms with van der Waals surface area (Å²) in [6.07, 6.45) is -0.201. The Bertz CT molecular complexity index is 948. The number of rotatable bonds is 6. The lowest BCUT2D eigenvalue weighted by Crippen LogP contribution is -2.44. The van der Waals surface area contributed by atoms with E-state index in [0.717, 1.165) is 9.87 Å². The van der Waals surface area contributed by atoms with Gasteiger partial charge in [0.05, 0.1) is 25.5 Å². The highest BCUT2D eigenvalue weighted by atomic mass is 32.2. The zero-order chi connectivity index (χ0) is 22.9. The van der Waals surface area contributed by atoms with Crippen LogP contribution in [0, 0.1) is 12.8 Å². The lowest BCUT2D eigenvalue weighted by molar-refractivity contribution is -0.147. The molecule has 0 spiro atoms. The maximum Gasteiger partial charge on any atom is 0.324 e. The monoisotopic (exact) mass is 455 g/mol. The van der Waals surface area contributed by atoms with Crippen LogP contribution in [0.2, 0.25) is 13.1 Å². The van der Waals surface area contributed by atoms with Crippen LogP contribution in [-0.4, -0.2) is 64.6 Å². The van der Waals surface area contributed by atoms with Gasteiger partial charge in [0.2, 0.25) is 18.3 Å². The SMILES string of the molecule is COC(=O)C[C@H]1/C(=C(/C)[Si](C)(C)O)CN(S(=O)(=O)c2ccc(C)cc2)[C@@H]1C(=O)OC. The summed E-state index contributed by atoms with van der Waals surface area (Å²) >= 11 is 0. The molecule has 10 heteroatoms. The van der Waals surface area contributed by atoms with Gasteiger partial charge in [-0.2, -0.15) is 4.31 Å². The second-order valence-electron chi connectivity index (χ2n) is 7.93. The van der Waals surface area contributed by atoms with E-state index in [1.807, 2.05) is 6.92 Å². The average Bonchev–Trinajstić information content (AvgIpc) is 3.05. The third kappa shape index (κ3) is 4.83. The number of carbonyl (C=O) groups excluding carboxylic acids is 2. The Morgan fingerprint density at radius 2 is 1.73 bits per heavy atom. The van der Waals surface area contributed by atoms with Gasteiger partial charge in [-0.15, -0.1) is 0 Å². The molecule has 2 rings (SSSR count). The summed E-state index contributed by atoms with van der Waals surface area (Å²) in [5.74, 6) is -2.13. The van der Waals surface area contributed by atoms with Crippen molar-refractivity contribution in [3.8, 4) is 0 Å². The van der Waals surface area contributed by atoms with Gasteiger partial charge in [-0.25, -0.2) is 8.42 Å². The quantitative estimate of drug-likeness (QED) is 0.514. The number of aryl methyl sites for hydroxylation is 1. The van der Waals surface area contributed by atoms with Gasteiger partial charge >= 0.3 is 11.9 Å². The van der Waals surface area contributed by atoms with E-state index in [9.17, 15) is 22.8 Å². The molecule has 1 aliphatic heterocycles. The molecule has 0 aromatic heterocycles. The number of methoxy groups -OCH3 is 2. The van der Waals surface area contributed by atoms with Crippen LogP contribution < -0.4 is 0 Å². The van der Waals surface area contributed by atoms with Crippen LogP contribution in [-0.2, 0) is 29.1 Å². The van der Waals surface area contributed by atoms with Crippen LogP contribution in [0.3, 0.4) is 0 Å². The molecule has 0 radical (unpaired) electrons. The lowest BCUT2D eigenvalue weighted by atomic mass is 9.92. The maximum absolute atomic E-state index is 13.4. The van der Waals surface area contributed by atoms with Gasteiger partial charge in [-0.3, -0.25) is 9.59 Å². The third-order valence-electron chi connectivity index (χ3n) is 5.55. The molecule has 1 heterocycles. The molecule has 0 aliphatic carbocycles. The molecule has 1 N–H and O–H groups in total. The average molecular weight is 456 g/mol. The summed E-state index contributed by atoms with van der Waals surface area (Å²) in [6, 6.07) is 5.07. The summed E-state index contributed by atoms with van der Waals surface area (Å²) in [6.45, 7) is 6.86. The molecule has 1 saturated heterocycles. The smallest absolute Gasteiger partial charge is 0.324 e. The fourth-order valence-corrected chi connectivity index (χ4v) is 6.19. The molecule has 1 aliphatic rings. The molecule has 30 heavy (non-hydrogen) atoms. The van der Waals surface area contributed by atoms with Gasteiger partial charge in [-0.05, 0) is 39.1 Å². The molecule has 8 nitrogen and oxygen atoms in total. The molecule has 166 valence electrons. The molecule has 0 saturated carbocycles. The molecule has 0 unspecified atom stereocenters. The minimum atomic E-state index is -4.07. The van der Waals surface area contributed by atoms with Gasteiger partial charge < -0.3 is 14.3 Å². The summed E-state index contributed by atoms with van der Waals surface area (Å²) in [7, 11) is -4.49. The fourth-order valence-electron chi connectivity index (χ4n) is 3.54. The Morgan fingerprint density at radius 1 is 1.17 bits per heavy atom. The molecule has 0 bridgehead atoms. The van der Waals surface area contributed by atoms with Crippen LogP contribution >= 0.6 is 0 Å². The van der Waals surface area contributed by atoms with E-state index in [2.05, 4.69) is 0 Å². The normalized spacial score (nSPS) is 22.0. The van der Waals surface area contributed by atoms with Crippen molar-refractivity contribution in [2.45, 2.75) is 44.3 Å². The largest absolute Gasteiger partial charge is 0.469 e. The number of sulfonamides is 1. The topological polar surface area (TPSA) is 110 Å². The number of hydrogen-bond acceptors (Lipinski definition) is 7. The zero-order valence-corrected chi connectivity index (χ0v) is 19.9. The fraction of sp³-hybridized carbons (Fsp3) is 0.500. The Balaban J connectivity index is 2.68. The van der Waals surface area contributed by atoms with Gasteiger partial charge in [0.1, 0.15) is 6.04 Å². The van der Waals surface area contributed by atoms with Crippen LogP contribution in [0.25, 0.3) is 0 Å². The molecular formula is C20H29NO7SSi. The lowest BCUT2D eigenvalue weighted by Gasteiger charge is -2.25. The first-order valence-corrected chi connectivity index (χ1v) is 13.9. The Morgan fingerprint density at radius 3 is 2.20 bits per heavy atom. The molecule has 1 fully saturated rings. The molecular weight excluding hydrogens is 426 g/mol. The summed E-state index contributed by atoms with van der Waals surface area (Å²) in [4.78, 5) is 35.5. The number of allylic oxidation sites excluding steroid dienone is 1. The minimum Gasteiger partial charge on any atom is -0.469 e. The van der Waals surface area contributed by atoms with Crippen LogP contribution in [0.1, 0.15) is 18.9 Å². The first-order chi connectivity index (χ1) is 13.8. The third-order valence-corrected chi connectivity index (χ3v) is 9.55. The zero-order valence-electron chi connectivity index (χ0n) is 18.1. The number of esters is 2. The second kappa shape index (κ2) is 9.01. The number of benzene rings is 1. The second-order valence-corrected chi connectivity index (χ2v) is 13.7. The Labute approximate surface area is 178 Å². The van der Waals surface area contributed by atoms with Crippen molar-refractivity contribution in [1.29, 1.82) is 0 Å². The maximum atomic E-state index is 13.4. The van der Waals surface area contributed by atoms with E-state index in [0.29, 0.717) is 10.8 Å². The number of nitrogens with zero attached hydrogens (tertiary/aromatic N) is 1. The first kappa shape index (κ1) is 24.3. The number of ether oxygens (including phenoxy) is 2. The van der Waals surface area contributed by atoms with E-state index < -0.39 is 42.2 Å². The number of carbonyl (C=O) groups is 2. The molecule has 0 amide bonds. The predicted octanol–water partition coefficient (Wildman–Crippen LogP) is 1.77. The molecule has 1 aromatic rings. The van der Waals surface area contributed by atoms with Gasteiger partial charge in [-0.1, -0.05) is 28.5 Å². The predicted molar refractivity (Wildman–Crippen MR) is 113 cm³/mol. The standard InChI is InChI=1S/C20H29NO7SSi/c1-13-7-9-15(10-8-13)29(24,25)21-12-17(14(2)30(5,6)26)16(11-18(22)27-3)19(21)20(23)28-4/h7-10,16,19,26H,11-12H2,1-6H3/b17-14-/t16-,19-/m0/s1. The van der Waals surface area contributed by atoms with Crippen molar-refractivity contribution in [1.82, 2.24) is 4.31 Å². The van der Waals surface area contributed by atoms with Crippen molar-refractivity contribution in [2.24, 2.45) is 5.92 Å². The first-order valence-electron chi connectivity index (χ1n) is 9.50. The van der Waals surface area contributed by atoms with Crippen LogP contribution in [0.5, 0.6) is 0 Å². The van der Waals surface area contributed by atoms with Crippen molar-refractivity contribution >= 4 is 30.3 Å². The summed E-state index contributed by atoms with van der Waals surface area (Å²) in [5.41, 5.74) is 1.46. The van der Waals surface area contributed by atoms with E-state index >= 15 is 0 Å². The Kier molecular flexibility index (Phi) is 7.28. The van der Waals surface area contributed by atoms with Crippen molar-refractivity contribution in [2.75, 3.05) is 20.8 Å². The van der Waals surface area contributed by atoms with Crippen LogP contribution in [0.4, 0.5) is 0 Å². The van der Waals surface area contributed by atoms with Crippen molar-refractivity contribution in [3.05, 3.63) is 40.6 Å². The number of hydrogen-bond donors (Lipinski definition) is 1. The van der Waals surface area contributed by atoms with E-state index in [-0.39, 0.29) is 17.9 Å². The highest BCUT2D eigenvalue weighted by molar-refractivity contribution is 7.89. The van der Waals surface area contributed by atoms with Crippen molar-refractivity contribution < 1.29 is 32.3 Å². The van der Waals surface area contributed by atoms with Gasteiger partial charge in [0, 0.05) is 12.5 Å². The van der Waals surface area contributed by atoms with Crippen molar-refractivity contribution in [3.63, 3.8) is 0 Å². The molecule has 2 atom stereocenters. The molecule has 1 aromatic carbocycles. The highest BCUT2D eigenvalue weighted by Gasteiger charge is 2.51. The van der Waals surface area contributed by atoms with E-state index in [4.69, 9.17) is 9.47 Å². The van der Waals surface area contributed by atoms with Crippen LogP contribution in [0.15, 0.2) is 39.9 Å². The van der Waals surface area contributed by atoms with Gasteiger partial charge in [0.15, 0.2) is 0 Å². The van der Waals surface area contributed by atoms with E-state index in [1.54, 1.807) is 32.2 Å². The van der Waals surface area contributed by atoms with E-state index in [1.165, 1.54) is 26.4 Å². The minimum absolute atomic E-state index is 0.0400. The highest BCUT2D eigenvalue weighted by Crippen LogP contribution is 2.40. The Hall–Kier alpha value is -2.01. The van der Waals surface area contributed by atoms with Gasteiger partial charge in [0.25, 0.3) is 0 Å². The summed E-state index contributed by atoms with van der Waals surface area (Å²) < 4.78 is 37.6.